The lowest BCUT2D eigenvalue weighted by atomic mass is 9.85. The second-order valence-electron chi connectivity index (χ2n) is 5.53. The summed E-state index contributed by atoms with van der Waals surface area (Å²) >= 11 is 0. The van der Waals surface area contributed by atoms with E-state index in [2.05, 4.69) is 20.3 Å². The Balaban J connectivity index is 1.85. The molecular weight excluding hydrogens is 278 g/mol. The number of fused-ring (bicyclic) bond motifs is 1. The Morgan fingerprint density at radius 2 is 1.95 bits per heavy atom. The molecule has 0 N–H and O–H groups in total. The van der Waals surface area contributed by atoms with Crippen LogP contribution >= 0.6 is 0 Å². The zero-order valence-corrected chi connectivity index (χ0v) is 12.0. The van der Waals surface area contributed by atoms with Gasteiger partial charge in [0, 0.05) is 6.42 Å². The van der Waals surface area contributed by atoms with Gasteiger partial charge in [-0.3, -0.25) is 4.79 Å². The number of hydrogen-bond acceptors (Lipinski definition) is 5. The normalized spacial score (nSPS) is 18.7. The molecular formula is C16H15N5O. The van der Waals surface area contributed by atoms with Crippen LogP contribution in [0, 0.1) is 0 Å². The Bertz CT molecular complexity index is 827. The summed E-state index contributed by atoms with van der Waals surface area (Å²) in [5, 5.41) is 8.44. The largest absolute Gasteiger partial charge is 0.299 e. The van der Waals surface area contributed by atoms with Crippen molar-refractivity contribution in [3.05, 3.63) is 42.4 Å². The highest BCUT2D eigenvalue weighted by Gasteiger charge is 2.28. The number of hydrogen-bond donors (Lipinski definition) is 0. The van der Waals surface area contributed by atoms with Gasteiger partial charge in [-0.2, -0.15) is 4.68 Å². The van der Waals surface area contributed by atoms with Gasteiger partial charge in [-0.1, -0.05) is 29.8 Å². The average molecular weight is 293 g/mol. The maximum absolute atomic E-state index is 12.2. The van der Waals surface area contributed by atoms with Crippen molar-refractivity contribution in [2.75, 3.05) is 0 Å². The summed E-state index contributed by atoms with van der Waals surface area (Å²) in [6.45, 7) is 0. The third kappa shape index (κ3) is 2.07. The minimum atomic E-state index is -0.167. The van der Waals surface area contributed by atoms with Gasteiger partial charge < -0.3 is 0 Å². The predicted octanol–water partition coefficient (Wildman–Crippen LogP) is 2.44. The zero-order valence-electron chi connectivity index (χ0n) is 12.0. The van der Waals surface area contributed by atoms with Gasteiger partial charge in [0.2, 0.25) is 0 Å². The lowest BCUT2D eigenvalue weighted by Gasteiger charge is -2.19. The van der Waals surface area contributed by atoms with Crippen molar-refractivity contribution in [3.63, 3.8) is 0 Å². The smallest absolute Gasteiger partial charge is 0.187 e. The standard InChI is InChI=1S/C16H15N5O/c22-13-9-5-4-8-12(13)14-15-16(18-10-17-14)21(20-19-15)11-6-2-1-3-7-11/h1-3,6-7,10,12H,4-5,8-9H2. The van der Waals surface area contributed by atoms with Crippen molar-refractivity contribution < 1.29 is 4.79 Å². The zero-order chi connectivity index (χ0) is 14.9. The Morgan fingerprint density at radius 1 is 1.09 bits per heavy atom. The van der Waals surface area contributed by atoms with Crippen LogP contribution in [0.25, 0.3) is 16.9 Å². The van der Waals surface area contributed by atoms with Gasteiger partial charge in [0.05, 0.1) is 17.3 Å². The fourth-order valence-corrected chi connectivity index (χ4v) is 3.04. The number of carbonyl (C=O) groups excluding carboxylic acids is 1. The number of aromatic nitrogens is 5. The first-order chi connectivity index (χ1) is 10.8. The molecule has 2 heterocycles. The molecule has 0 saturated heterocycles. The highest BCUT2D eigenvalue weighted by atomic mass is 16.1. The van der Waals surface area contributed by atoms with Gasteiger partial charge in [-0.15, -0.1) is 5.10 Å². The fraction of sp³-hybridized carbons (Fsp3) is 0.312. The minimum absolute atomic E-state index is 0.167. The number of benzene rings is 1. The molecule has 6 heteroatoms. The van der Waals surface area contributed by atoms with E-state index in [0.717, 1.165) is 30.6 Å². The van der Waals surface area contributed by atoms with Crippen molar-refractivity contribution in [1.29, 1.82) is 0 Å². The van der Waals surface area contributed by atoms with Crippen LogP contribution in [0.2, 0.25) is 0 Å². The first-order valence-electron chi connectivity index (χ1n) is 7.49. The summed E-state index contributed by atoms with van der Waals surface area (Å²) in [5.74, 6) is 0.0840. The first kappa shape index (κ1) is 13.1. The highest BCUT2D eigenvalue weighted by Crippen LogP contribution is 2.31. The van der Waals surface area contributed by atoms with Gasteiger partial charge >= 0.3 is 0 Å². The fourth-order valence-electron chi connectivity index (χ4n) is 3.04. The molecule has 22 heavy (non-hydrogen) atoms. The van der Waals surface area contributed by atoms with Gasteiger partial charge in [0.25, 0.3) is 0 Å². The molecule has 0 spiro atoms. The second kappa shape index (κ2) is 5.29. The van der Waals surface area contributed by atoms with Crippen LogP contribution in [0.4, 0.5) is 0 Å². The summed E-state index contributed by atoms with van der Waals surface area (Å²) in [5.41, 5.74) is 2.89. The number of rotatable bonds is 2. The molecule has 2 aromatic heterocycles. The van der Waals surface area contributed by atoms with E-state index in [4.69, 9.17) is 0 Å². The van der Waals surface area contributed by atoms with Crippen LogP contribution in [0.3, 0.4) is 0 Å². The van der Waals surface area contributed by atoms with Gasteiger partial charge in [0.15, 0.2) is 11.2 Å². The average Bonchev–Trinajstić information content (AvgIpc) is 3.00. The molecule has 4 rings (SSSR count). The Morgan fingerprint density at radius 3 is 2.77 bits per heavy atom. The van der Waals surface area contributed by atoms with Crippen molar-refractivity contribution in [2.45, 2.75) is 31.6 Å². The van der Waals surface area contributed by atoms with E-state index in [1.165, 1.54) is 6.33 Å². The topological polar surface area (TPSA) is 73.6 Å². The summed E-state index contributed by atoms with van der Waals surface area (Å²) < 4.78 is 1.69. The molecule has 0 aliphatic heterocycles. The summed E-state index contributed by atoms with van der Waals surface area (Å²) in [4.78, 5) is 20.9. The van der Waals surface area contributed by atoms with Crippen LogP contribution in [0.15, 0.2) is 36.7 Å². The predicted molar refractivity (Wildman–Crippen MR) is 80.7 cm³/mol. The van der Waals surface area contributed by atoms with E-state index in [1.54, 1.807) is 4.68 Å². The second-order valence-corrected chi connectivity index (χ2v) is 5.53. The molecule has 1 aliphatic carbocycles. The monoisotopic (exact) mass is 293 g/mol. The third-order valence-electron chi connectivity index (χ3n) is 4.15. The van der Waals surface area contributed by atoms with Crippen LogP contribution < -0.4 is 0 Å². The lowest BCUT2D eigenvalue weighted by molar-refractivity contribution is -0.121. The third-order valence-corrected chi connectivity index (χ3v) is 4.15. The first-order valence-corrected chi connectivity index (χ1v) is 7.49. The van der Waals surface area contributed by atoms with Gasteiger partial charge in [-0.25, -0.2) is 9.97 Å². The highest BCUT2D eigenvalue weighted by molar-refractivity contribution is 5.89. The van der Waals surface area contributed by atoms with E-state index in [1.807, 2.05) is 30.3 Å². The minimum Gasteiger partial charge on any atom is -0.299 e. The number of Topliss-reactive ketones (excluding diaryl/α,β-unsaturated/α-hetero) is 1. The molecule has 110 valence electrons. The Labute approximate surface area is 127 Å². The molecule has 0 radical (unpaired) electrons. The number of para-hydroxylation sites is 1. The Hall–Kier alpha value is -2.63. The Kier molecular flexibility index (Phi) is 3.14. The molecule has 1 fully saturated rings. The number of carbonyl (C=O) groups is 1. The van der Waals surface area contributed by atoms with E-state index in [9.17, 15) is 4.79 Å². The SMILES string of the molecule is O=C1CCCCC1c1ncnc2c1nnn2-c1ccccc1. The maximum atomic E-state index is 12.2. The summed E-state index contributed by atoms with van der Waals surface area (Å²) in [6.07, 6.45) is 4.99. The van der Waals surface area contributed by atoms with Crippen molar-refractivity contribution in [3.8, 4) is 5.69 Å². The number of ketones is 1. The van der Waals surface area contributed by atoms with E-state index in [-0.39, 0.29) is 11.7 Å². The maximum Gasteiger partial charge on any atom is 0.187 e. The van der Waals surface area contributed by atoms with Crippen LogP contribution in [-0.2, 0) is 4.79 Å². The molecule has 0 bridgehead atoms. The number of nitrogens with zero attached hydrogens (tertiary/aromatic N) is 5. The molecule has 0 amide bonds. The summed E-state index contributed by atoms with van der Waals surface area (Å²) in [7, 11) is 0. The van der Waals surface area contributed by atoms with Crippen molar-refractivity contribution in [2.24, 2.45) is 0 Å². The van der Waals surface area contributed by atoms with Gasteiger partial charge in [0.1, 0.15) is 12.1 Å². The van der Waals surface area contributed by atoms with Crippen molar-refractivity contribution in [1.82, 2.24) is 25.0 Å². The lowest BCUT2D eigenvalue weighted by Crippen LogP contribution is -2.18. The summed E-state index contributed by atoms with van der Waals surface area (Å²) in [6, 6.07) is 9.72. The van der Waals surface area contributed by atoms with E-state index in [0.29, 0.717) is 17.6 Å². The molecule has 1 aliphatic rings. The quantitative estimate of drug-likeness (QED) is 0.725. The van der Waals surface area contributed by atoms with Crippen LogP contribution in [-0.4, -0.2) is 30.7 Å². The molecule has 3 aromatic rings. The molecule has 1 atom stereocenters. The van der Waals surface area contributed by atoms with Crippen LogP contribution in [0.5, 0.6) is 0 Å². The molecule has 1 saturated carbocycles. The molecule has 1 aromatic carbocycles. The van der Waals surface area contributed by atoms with E-state index >= 15 is 0 Å². The van der Waals surface area contributed by atoms with Gasteiger partial charge in [-0.05, 0) is 25.0 Å². The van der Waals surface area contributed by atoms with Crippen molar-refractivity contribution >= 4 is 16.9 Å². The van der Waals surface area contributed by atoms with Crippen LogP contribution in [0.1, 0.15) is 37.3 Å². The van der Waals surface area contributed by atoms with E-state index < -0.39 is 0 Å². The molecule has 6 nitrogen and oxygen atoms in total. The molecule has 1 unspecified atom stereocenters.